The summed E-state index contributed by atoms with van der Waals surface area (Å²) < 4.78 is 0. The molecule has 23 heavy (non-hydrogen) atoms. The van der Waals surface area contributed by atoms with E-state index in [2.05, 4.69) is 5.32 Å². The van der Waals surface area contributed by atoms with Crippen molar-refractivity contribution in [2.24, 2.45) is 11.1 Å². The average molecular weight is 315 g/mol. The van der Waals surface area contributed by atoms with Crippen LogP contribution in [0.5, 0.6) is 0 Å². The van der Waals surface area contributed by atoms with E-state index in [4.69, 9.17) is 5.73 Å². The Balaban J connectivity index is 1.63. The van der Waals surface area contributed by atoms with E-state index >= 15 is 0 Å². The number of likely N-dealkylation sites (tertiary alicyclic amines) is 1. The number of nitrogens with one attached hydrogen (secondary N) is 1. The molecule has 1 heterocycles. The number of carbonyl (C=O) groups excluding carboxylic acids is 2. The molecule has 2 aliphatic rings. The molecule has 1 saturated heterocycles. The normalized spacial score (nSPS) is 19.8. The predicted octanol–water partition coefficient (Wildman–Crippen LogP) is 3.28. The minimum atomic E-state index is -0.445. The fourth-order valence-electron chi connectivity index (χ4n) is 4.04. The summed E-state index contributed by atoms with van der Waals surface area (Å²) in [7, 11) is 0. The number of hydrogen-bond acceptors (Lipinski definition) is 2. The summed E-state index contributed by atoms with van der Waals surface area (Å²) in [6.45, 7) is 3.53. The number of carbonyl (C=O) groups is 2. The van der Waals surface area contributed by atoms with Crippen LogP contribution in [0.15, 0.2) is 18.2 Å². The van der Waals surface area contributed by atoms with Crippen molar-refractivity contribution in [3.05, 3.63) is 29.3 Å². The van der Waals surface area contributed by atoms with Gasteiger partial charge in [-0.2, -0.15) is 0 Å². The van der Waals surface area contributed by atoms with Gasteiger partial charge in [0.25, 0.3) is 0 Å². The highest BCUT2D eigenvalue weighted by Crippen LogP contribution is 2.43. The second-order valence-electron chi connectivity index (χ2n) is 7.06. The average Bonchev–Trinajstić information content (AvgIpc) is 2.91. The van der Waals surface area contributed by atoms with Gasteiger partial charge < -0.3 is 16.0 Å². The van der Waals surface area contributed by atoms with Crippen LogP contribution in [0.2, 0.25) is 0 Å². The highest BCUT2D eigenvalue weighted by atomic mass is 16.2. The Kier molecular flexibility index (Phi) is 4.28. The van der Waals surface area contributed by atoms with Crippen molar-refractivity contribution in [1.82, 2.24) is 4.90 Å². The number of aryl methyl sites for hydroxylation is 1. The zero-order chi connectivity index (χ0) is 16.4. The quantitative estimate of drug-likeness (QED) is 0.878. The molecule has 5 heteroatoms. The van der Waals surface area contributed by atoms with Crippen molar-refractivity contribution in [2.45, 2.75) is 45.4 Å². The van der Waals surface area contributed by atoms with Crippen LogP contribution in [0.25, 0.3) is 0 Å². The first-order chi connectivity index (χ1) is 11.0. The van der Waals surface area contributed by atoms with Gasteiger partial charge in [-0.3, -0.25) is 4.79 Å². The number of rotatable bonds is 2. The second-order valence-corrected chi connectivity index (χ2v) is 7.06. The Morgan fingerprint density at radius 2 is 1.91 bits per heavy atom. The van der Waals surface area contributed by atoms with E-state index in [1.165, 1.54) is 32.1 Å². The third-order valence-electron chi connectivity index (χ3n) is 5.38. The van der Waals surface area contributed by atoms with Crippen molar-refractivity contribution >= 4 is 17.6 Å². The fourth-order valence-corrected chi connectivity index (χ4v) is 4.04. The van der Waals surface area contributed by atoms with Crippen LogP contribution in [0.3, 0.4) is 0 Å². The standard InChI is InChI=1S/C18H25N3O2/c1-13-11-14(5-6-15(13)16(19)22)20-17(23)21-10-9-18(12-21)7-3-2-4-8-18/h5-6,11H,2-4,7-10,12H2,1H3,(H2,19,22)(H,20,23). The highest BCUT2D eigenvalue weighted by Gasteiger charge is 2.40. The van der Waals surface area contributed by atoms with Gasteiger partial charge in [-0.1, -0.05) is 19.3 Å². The molecule has 1 aliphatic heterocycles. The summed E-state index contributed by atoms with van der Waals surface area (Å²) in [5.74, 6) is -0.445. The van der Waals surface area contributed by atoms with Gasteiger partial charge in [0.1, 0.15) is 0 Å². The van der Waals surface area contributed by atoms with Gasteiger partial charge >= 0.3 is 6.03 Å². The van der Waals surface area contributed by atoms with Gasteiger partial charge in [-0.25, -0.2) is 4.79 Å². The summed E-state index contributed by atoms with van der Waals surface area (Å²) in [5.41, 5.74) is 7.65. The molecule has 124 valence electrons. The molecule has 1 aliphatic carbocycles. The van der Waals surface area contributed by atoms with E-state index in [1.54, 1.807) is 18.2 Å². The van der Waals surface area contributed by atoms with E-state index in [9.17, 15) is 9.59 Å². The van der Waals surface area contributed by atoms with E-state index in [1.807, 2.05) is 11.8 Å². The summed E-state index contributed by atoms with van der Waals surface area (Å²) in [6, 6.07) is 5.15. The lowest BCUT2D eigenvalue weighted by atomic mass is 9.73. The first-order valence-corrected chi connectivity index (χ1v) is 8.46. The highest BCUT2D eigenvalue weighted by molar-refractivity contribution is 5.96. The Bertz CT molecular complexity index is 621. The van der Waals surface area contributed by atoms with Crippen LogP contribution in [-0.2, 0) is 0 Å². The van der Waals surface area contributed by atoms with Crippen molar-refractivity contribution in [3.8, 4) is 0 Å². The summed E-state index contributed by atoms with van der Waals surface area (Å²) in [5, 5.41) is 2.95. The monoisotopic (exact) mass is 315 g/mol. The van der Waals surface area contributed by atoms with Crippen LogP contribution in [-0.4, -0.2) is 29.9 Å². The molecule has 1 spiro atoms. The topological polar surface area (TPSA) is 75.4 Å². The summed E-state index contributed by atoms with van der Waals surface area (Å²) in [4.78, 5) is 25.7. The molecule has 0 atom stereocenters. The molecular weight excluding hydrogens is 290 g/mol. The maximum absolute atomic E-state index is 12.5. The number of nitrogens with two attached hydrogens (primary N) is 1. The van der Waals surface area contributed by atoms with Gasteiger partial charge in [0.2, 0.25) is 5.91 Å². The zero-order valence-corrected chi connectivity index (χ0v) is 13.7. The molecule has 3 rings (SSSR count). The van der Waals surface area contributed by atoms with Crippen molar-refractivity contribution in [1.29, 1.82) is 0 Å². The number of primary amides is 1. The predicted molar refractivity (Wildman–Crippen MR) is 90.4 cm³/mol. The lowest BCUT2D eigenvalue weighted by Crippen LogP contribution is -2.36. The maximum Gasteiger partial charge on any atom is 0.321 e. The molecule has 3 N–H and O–H groups in total. The molecule has 1 saturated carbocycles. The maximum atomic E-state index is 12.5. The van der Waals surface area contributed by atoms with Gasteiger partial charge in [-0.15, -0.1) is 0 Å². The van der Waals surface area contributed by atoms with Crippen LogP contribution in [0.1, 0.15) is 54.4 Å². The summed E-state index contributed by atoms with van der Waals surface area (Å²) >= 11 is 0. The number of hydrogen-bond donors (Lipinski definition) is 2. The Morgan fingerprint density at radius 3 is 2.57 bits per heavy atom. The third kappa shape index (κ3) is 3.33. The van der Waals surface area contributed by atoms with Gasteiger partial charge in [0, 0.05) is 24.3 Å². The lowest BCUT2D eigenvalue weighted by Gasteiger charge is -2.33. The number of urea groups is 1. The third-order valence-corrected chi connectivity index (χ3v) is 5.38. The molecular formula is C18H25N3O2. The smallest absolute Gasteiger partial charge is 0.321 e. The molecule has 0 unspecified atom stereocenters. The van der Waals surface area contributed by atoms with E-state index in [0.29, 0.717) is 16.7 Å². The molecule has 1 aromatic carbocycles. The number of nitrogens with zero attached hydrogens (tertiary/aromatic N) is 1. The number of amides is 3. The van der Waals surface area contributed by atoms with Crippen molar-refractivity contribution < 1.29 is 9.59 Å². The number of anilines is 1. The molecule has 5 nitrogen and oxygen atoms in total. The van der Waals surface area contributed by atoms with Crippen LogP contribution in [0, 0.1) is 12.3 Å². The molecule has 3 amide bonds. The Hall–Kier alpha value is -2.04. The van der Waals surface area contributed by atoms with Crippen LogP contribution in [0.4, 0.5) is 10.5 Å². The van der Waals surface area contributed by atoms with Crippen molar-refractivity contribution in [3.63, 3.8) is 0 Å². The summed E-state index contributed by atoms with van der Waals surface area (Å²) in [6.07, 6.45) is 7.55. The minimum absolute atomic E-state index is 0.0429. The number of benzene rings is 1. The molecule has 1 aromatic rings. The Labute approximate surface area is 137 Å². The van der Waals surface area contributed by atoms with E-state index in [0.717, 1.165) is 25.1 Å². The first-order valence-electron chi connectivity index (χ1n) is 8.46. The second kappa shape index (κ2) is 6.22. The largest absolute Gasteiger partial charge is 0.366 e. The molecule has 2 fully saturated rings. The van der Waals surface area contributed by atoms with Crippen molar-refractivity contribution in [2.75, 3.05) is 18.4 Å². The first kappa shape index (κ1) is 15.8. The molecule has 0 radical (unpaired) electrons. The van der Waals surface area contributed by atoms with Crippen LogP contribution >= 0.6 is 0 Å². The fraction of sp³-hybridized carbons (Fsp3) is 0.556. The molecule has 0 aromatic heterocycles. The zero-order valence-electron chi connectivity index (χ0n) is 13.7. The van der Waals surface area contributed by atoms with E-state index < -0.39 is 5.91 Å². The van der Waals surface area contributed by atoms with E-state index in [-0.39, 0.29) is 6.03 Å². The molecule has 0 bridgehead atoms. The minimum Gasteiger partial charge on any atom is -0.366 e. The van der Waals surface area contributed by atoms with Gasteiger partial charge in [-0.05, 0) is 55.4 Å². The van der Waals surface area contributed by atoms with Gasteiger partial charge in [0.15, 0.2) is 0 Å². The van der Waals surface area contributed by atoms with Crippen LogP contribution < -0.4 is 11.1 Å². The SMILES string of the molecule is Cc1cc(NC(=O)N2CCC3(CCCCC3)C2)ccc1C(N)=O. The van der Waals surface area contributed by atoms with Gasteiger partial charge in [0.05, 0.1) is 0 Å². The lowest BCUT2D eigenvalue weighted by molar-refractivity contribution is 0.0999. The Morgan fingerprint density at radius 1 is 1.17 bits per heavy atom.